The molecule has 0 radical (unpaired) electrons. The summed E-state index contributed by atoms with van der Waals surface area (Å²) in [6.07, 6.45) is 13.8. The van der Waals surface area contributed by atoms with Crippen molar-refractivity contribution in [2.75, 3.05) is 19.6 Å². The molecule has 4 heteroatoms. The molecule has 3 heterocycles. The van der Waals surface area contributed by atoms with Crippen LogP contribution in [0.3, 0.4) is 0 Å². The Labute approximate surface area is 191 Å². The minimum Gasteiger partial charge on any atom is -0.464 e. The Bertz CT molecular complexity index is 1040. The third-order valence-corrected chi connectivity index (χ3v) is 7.50. The molecule has 0 spiro atoms. The monoisotopic (exact) mass is 430 g/mol. The Morgan fingerprint density at radius 2 is 1.97 bits per heavy atom. The van der Waals surface area contributed by atoms with E-state index in [-0.39, 0.29) is 12.0 Å². The number of pyridine rings is 1. The number of furan rings is 1. The van der Waals surface area contributed by atoms with E-state index < -0.39 is 0 Å². The van der Waals surface area contributed by atoms with Gasteiger partial charge in [0.05, 0.1) is 12.4 Å². The molecule has 168 valence electrons. The topological polar surface area (TPSA) is 49.5 Å². The molecule has 4 nitrogen and oxygen atoms in total. The van der Waals surface area contributed by atoms with E-state index >= 15 is 0 Å². The lowest BCUT2D eigenvalue weighted by molar-refractivity contribution is 0.0530. The lowest BCUT2D eigenvalue weighted by atomic mass is 9.78. The van der Waals surface area contributed by atoms with Crippen molar-refractivity contribution in [1.29, 1.82) is 0 Å². The first-order valence-electron chi connectivity index (χ1n) is 12.3. The fourth-order valence-electron chi connectivity index (χ4n) is 5.65. The average Bonchev–Trinajstić information content (AvgIpc) is 3.35. The van der Waals surface area contributed by atoms with E-state index in [4.69, 9.17) is 4.42 Å². The number of aromatic nitrogens is 1. The number of benzene rings is 1. The van der Waals surface area contributed by atoms with Crippen molar-refractivity contribution in [2.24, 2.45) is 5.92 Å². The van der Waals surface area contributed by atoms with E-state index in [1.807, 2.05) is 18.3 Å². The van der Waals surface area contributed by atoms with Crippen LogP contribution < -0.4 is 0 Å². The van der Waals surface area contributed by atoms with Crippen molar-refractivity contribution in [3.05, 3.63) is 72.3 Å². The van der Waals surface area contributed by atoms with Crippen LogP contribution in [0.25, 0.3) is 16.5 Å². The van der Waals surface area contributed by atoms with Gasteiger partial charge in [-0.2, -0.15) is 0 Å². The molecule has 1 aliphatic carbocycles. The highest BCUT2D eigenvalue weighted by molar-refractivity contribution is 5.91. The van der Waals surface area contributed by atoms with Gasteiger partial charge in [0, 0.05) is 36.3 Å². The molecule has 2 atom stereocenters. The van der Waals surface area contributed by atoms with E-state index in [0.717, 1.165) is 56.6 Å². The SMILES string of the molecule is OC(C1CCCCC1)C(CCN1CC=C(c2cccc3occc23)CC1)c1ccccn1. The van der Waals surface area contributed by atoms with Crippen LogP contribution in [0.4, 0.5) is 0 Å². The summed E-state index contributed by atoms with van der Waals surface area (Å²) in [6.45, 7) is 3.00. The Morgan fingerprint density at radius 1 is 1.06 bits per heavy atom. The number of fused-ring (bicyclic) bond motifs is 1. The minimum absolute atomic E-state index is 0.115. The van der Waals surface area contributed by atoms with Crippen LogP contribution in [-0.2, 0) is 0 Å². The molecule has 0 saturated heterocycles. The van der Waals surface area contributed by atoms with Gasteiger partial charge in [-0.1, -0.05) is 43.5 Å². The van der Waals surface area contributed by atoms with Gasteiger partial charge in [-0.3, -0.25) is 9.88 Å². The Hall–Kier alpha value is -2.43. The maximum Gasteiger partial charge on any atom is 0.134 e. The first-order valence-corrected chi connectivity index (χ1v) is 12.3. The first-order chi connectivity index (χ1) is 15.8. The summed E-state index contributed by atoms with van der Waals surface area (Å²) in [7, 11) is 0. The standard InChI is InChI=1S/C28H34N2O2/c31-28(22-7-2-1-3-8-22)25(26-10-4-5-16-29-26)14-19-30-17-12-21(13-18-30)23-9-6-11-27-24(23)15-20-32-27/h4-6,9-12,15-16,20,22,25,28,31H,1-3,7-8,13-14,17-19H2. The van der Waals surface area contributed by atoms with Gasteiger partial charge in [-0.05, 0) is 73.5 Å². The molecule has 1 saturated carbocycles. The lowest BCUT2D eigenvalue weighted by Gasteiger charge is -2.34. The highest BCUT2D eigenvalue weighted by Gasteiger charge is 2.31. The van der Waals surface area contributed by atoms with E-state index in [9.17, 15) is 5.11 Å². The minimum atomic E-state index is -0.292. The Kier molecular flexibility index (Phi) is 6.70. The summed E-state index contributed by atoms with van der Waals surface area (Å²) in [4.78, 5) is 7.15. The maximum absolute atomic E-state index is 11.3. The van der Waals surface area contributed by atoms with Crippen LogP contribution in [0.5, 0.6) is 0 Å². The van der Waals surface area contributed by atoms with E-state index in [1.165, 1.54) is 35.8 Å². The Morgan fingerprint density at radius 3 is 2.75 bits per heavy atom. The second-order valence-corrected chi connectivity index (χ2v) is 9.46. The first kappa shape index (κ1) is 21.4. The van der Waals surface area contributed by atoms with Gasteiger partial charge in [0.25, 0.3) is 0 Å². The molecular formula is C28H34N2O2. The fourth-order valence-corrected chi connectivity index (χ4v) is 5.65. The molecule has 1 aliphatic heterocycles. The fraction of sp³-hybridized carbons (Fsp3) is 0.464. The van der Waals surface area contributed by atoms with Gasteiger partial charge in [-0.15, -0.1) is 0 Å². The third-order valence-electron chi connectivity index (χ3n) is 7.50. The van der Waals surface area contributed by atoms with Crippen LogP contribution in [-0.4, -0.2) is 40.7 Å². The summed E-state index contributed by atoms with van der Waals surface area (Å²) < 4.78 is 5.58. The summed E-state index contributed by atoms with van der Waals surface area (Å²) >= 11 is 0. The normalized spacial score (nSPS) is 20.2. The predicted molar refractivity (Wildman–Crippen MR) is 129 cm³/mol. The molecule has 0 bridgehead atoms. The van der Waals surface area contributed by atoms with Gasteiger partial charge in [0.2, 0.25) is 0 Å². The smallest absolute Gasteiger partial charge is 0.134 e. The molecule has 1 aromatic carbocycles. The van der Waals surface area contributed by atoms with E-state index in [2.05, 4.69) is 46.3 Å². The number of aliphatic hydroxyl groups excluding tert-OH is 1. The van der Waals surface area contributed by atoms with Gasteiger partial charge in [0.15, 0.2) is 0 Å². The number of hydrogen-bond acceptors (Lipinski definition) is 4. The number of hydrogen-bond donors (Lipinski definition) is 1. The zero-order valence-corrected chi connectivity index (χ0v) is 18.8. The lowest BCUT2D eigenvalue weighted by Crippen LogP contribution is -2.35. The molecule has 1 fully saturated rings. The maximum atomic E-state index is 11.3. The van der Waals surface area contributed by atoms with Crippen molar-refractivity contribution in [2.45, 2.75) is 57.0 Å². The molecule has 2 aromatic heterocycles. The molecule has 2 unspecified atom stereocenters. The second-order valence-electron chi connectivity index (χ2n) is 9.46. The molecule has 3 aromatic rings. The van der Waals surface area contributed by atoms with Crippen LogP contribution in [0.15, 0.2) is 65.4 Å². The predicted octanol–water partition coefficient (Wildman–Crippen LogP) is 6.03. The highest BCUT2D eigenvalue weighted by Crippen LogP contribution is 2.35. The number of aliphatic hydroxyl groups is 1. The molecule has 32 heavy (non-hydrogen) atoms. The van der Waals surface area contributed by atoms with Crippen molar-refractivity contribution in [3.63, 3.8) is 0 Å². The largest absolute Gasteiger partial charge is 0.464 e. The average molecular weight is 431 g/mol. The molecular weight excluding hydrogens is 396 g/mol. The summed E-state index contributed by atoms with van der Waals surface area (Å²) in [5, 5.41) is 12.5. The van der Waals surface area contributed by atoms with Crippen molar-refractivity contribution in [3.8, 4) is 0 Å². The van der Waals surface area contributed by atoms with Crippen molar-refractivity contribution < 1.29 is 9.52 Å². The van der Waals surface area contributed by atoms with Crippen LogP contribution in [0.1, 0.15) is 62.1 Å². The van der Waals surface area contributed by atoms with Gasteiger partial charge in [0.1, 0.15) is 5.58 Å². The Balaban J connectivity index is 1.25. The molecule has 1 N–H and O–H groups in total. The molecule has 2 aliphatic rings. The molecule has 0 amide bonds. The summed E-state index contributed by atoms with van der Waals surface area (Å²) in [5.74, 6) is 0.531. The van der Waals surface area contributed by atoms with E-state index in [0.29, 0.717) is 5.92 Å². The second kappa shape index (κ2) is 10.0. The van der Waals surface area contributed by atoms with Gasteiger partial charge >= 0.3 is 0 Å². The number of nitrogens with zero attached hydrogens (tertiary/aromatic N) is 2. The quantitative estimate of drug-likeness (QED) is 0.497. The van der Waals surface area contributed by atoms with E-state index in [1.54, 1.807) is 6.26 Å². The third kappa shape index (κ3) is 4.67. The van der Waals surface area contributed by atoms with Crippen LogP contribution in [0, 0.1) is 5.92 Å². The van der Waals surface area contributed by atoms with Gasteiger partial charge in [-0.25, -0.2) is 0 Å². The van der Waals surface area contributed by atoms with Crippen LogP contribution >= 0.6 is 0 Å². The number of rotatable bonds is 7. The van der Waals surface area contributed by atoms with Crippen molar-refractivity contribution in [1.82, 2.24) is 9.88 Å². The highest BCUT2D eigenvalue weighted by atomic mass is 16.3. The summed E-state index contributed by atoms with van der Waals surface area (Å²) in [5.41, 5.74) is 4.72. The van der Waals surface area contributed by atoms with Gasteiger partial charge < -0.3 is 9.52 Å². The molecule has 5 rings (SSSR count). The zero-order chi connectivity index (χ0) is 21.8. The zero-order valence-electron chi connectivity index (χ0n) is 18.8. The van der Waals surface area contributed by atoms with Crippen molar-refractivity contribution >= 4 is 16.5 Å². The summed E-state index contributed by atoms with van der Waals surface area (Å²) in [6, 6.07) is 14.5. The van der Waals surface area contributed by atoms with Crippen LogP contribution in [0.2, 0.25) is 0 Å².